The number of rotatable bonds is 5. The SMILES string of the molecule is CN(C)C(=O)CN1CCN(C(=O)CN2C[C@@H](N)[C@H](c3ccccc3)C2)CC1.Cl.Cl. The van der Waals surface area contributed by atoms with Crippen molar-refractivity contribution in [1.29, 1.82) is 0 Å². The van der Waals surface area contributed by atoms with Gasteiger partial charge in [0.05, 0.1) is 13.1 Å². The van der Waals surface area contributed by atoms with Crippen molar-refractivity contribution >= 4 is 36.6 Å². The molecule has 0 aromatic heterocycles. The number of piperazine rings is 1. The lowest BCUT2D eigenvalue weighted by molar-refractivity contribution is -0.135. The molecule has 29 heavy (non-hydrogen) atoms. The summed E-state index contributed by atoms with van der Waals surface area (Å²) in [6.45, 7) is 5.29. The van der Waals surface area contributed by atoms with E-state index in [-0.39, 0.29) is 48.6 Å². The predicted octanol–water partition coefficient (Wildman–Crippen LogP) is 0.489. The zero-order valence-electron chi connectivity index (χ0n) is 17.2. The lowest BCUT2D eigenvalue weighted by atomic mass is 9.95. The molecule has 2 amide bonds. The number of amides is 2. The average Bonchev–Trinajstić information content (AvgIpc) is 3.03. The van der Waals surface area contributed by atoms with Crippen LogP contribution in [0.4, 0.5) is 0 Å². The van der Waals surface area contributed by atoms with E-state index in [0.29, 0.717) is 26.2 Å². The highest BCUT2D eigenvalue weighted by molar-refractivity contribution is 5.85. The fraction of sp³-hybridized carbons (Fsp3) is 0.600. The van der Waals surface area contributed by atoms with E-state index in [4.69, 9.17) is 5.73 Å². The number of nitrogens with zero attached hydrogens (tertiary/aromatic N) is 4. The van der Waals surface area contributed by atoms with Crippen LogP contribution < -0.4 is 5.73 Å². The van der Waals surface area contributed by atoms with Crippen LogP contribution in [0, 0.1) is 0 Å². The van der Waals surface area contributed by atoms with Crippen LogP contribution in [-0.2, 0) is 9.59 Å². The molecule has 0 aliphatic carbocycles. The molecule has 2 aliphatic heterocycles. The molecule has 2 atom stereocenters. The van der Waals surface area contributed by atoms with Gasteiger partial charge in [0.15, 0.2) is 0 Å². The Morgan fingerprint density at radius 1 is 0.966 bits per heavy atom. The first kappa shape index (κ1) is 25.7. The van der Waals surface area contributed by atoms with Gasteiger partial charge in [-0.05, 0) is 5.56 Å². The summed E-state index contributed by atoms with van der Waals surface area (Å²) in [6.07, 6.45) is 0. The van der Waals surface area contributed by atoms with E-state index in [9.17, 15) is 9.59 Å². The Morgan fingerprint density at radius 3 is 2.17 bits per heavy atom. The molecular weight excluding hydrogens is 413 g/mol. The molecule has 3 rings (SSSR count). The highest BCUT2D eigenvalue weighted by atomic mass is 35.5. The van der Waals surface area contributed by atoms with Crippen LogP contribution in [0.5, 0.6) is 0 Å². The number of halogens is 2. The van der Waals surface area contributed by atoms with Gasteiger partial charge in [0.1, 0.15) is 0 Å². The Hall–Kier alpha value is -1.38. The largest absolute Gasteiger partial charge is 0.348 e. The molecule has 9 heteroatoms. The van der Waals surface area contributed by atoms with E-state index >= 15 is 0 Å². The fourth-order valence-electron chi connectivity index (χ4n) is 3.87. The number of nitrogens with two attached hydrogens (primary N) is 1. The van der Waals surface area contributed by atoms with Crippen LogP contribution in [-0.4, -0.2) is 104 Å². The summed E-state index contributed by atoms with van der Waals surface area (Å²) >= 11 is 0. The van der Waals surface area contributed by atoms with E-state index in [2.05, 4.69) is 21.9 Å². The maximum Gasteiger partial charge on any atom is 0.236 e. The second kappa shape index (κ2) is 11.7. The first-order valence-electron chi connectivity index (χ1n) is 9.67. The van der Waals surface area contributed by atoms with Crippen molar-refractivity contribution in [3.05, 3.63) is 35.9 Å². The van der Waals surface area contributed by atoms with Crippen LogP contribution in [0.25, 0.3) is 0 Å². The highest BCUT2D eigenvalue weighted by Crippen LogP contribution is 2.26. The second-order valence-electron chi connectivity index (χ2n) is 7.82. The number of likely N-dealkylation sites (N-methyl/N-ethyl adjacent to an activating group) is 1. The number of carbonyl (C=O) groups is 2. The molecule has 0 bridgehead atoms. The molecule has 0 unspecified atom stereocenters. The maximum absolute atomic E-state index is 12.7. The minimum absolute atomic E-state index is 0. The summed E-state index contributed by atoms with van der Waals surface area (Å²) in [5, 5.41) is 0. The van der Waals surface area contributed by atoms with Crippen LogP contribution in [0.3, 0.4) is 0 Å². The molecule has 0 spiro atoms. The van der Waals surface area contributed by atoms with Crippen molar-refractivity contribution in [3.63, 3.8) is 0 Å². The van der Waals surface area contributed by atoms with Crippen LogP contribution in [0.15, 0.2) is 30.3 Å². The zero-order valence-corrected chi connectivity index (χ0v) is 18.8. The van der Waals surface area contributed by atoms with Gasteiger partial charge >= 0.3 is 0 Å². The quantitative estimate of drug-likeness (QED) is 0.713. The molecule has 164 valence electrons. The van der Waals surface area contributed by atoms with Gasteiger partial charge in [-0.1, -0.05) is 30.3 Å². The Bertz CT molecular complexity index is 654. The third kappa shape index (κ3) is 6.83. The molecule has 2 N–H and O–H groups in total. The summed E-state index contributed by atoms with van der Waals surface area (Å²) in [7, 11) is 3.54. The molecule has 0 saturated carbocycles. The molecule has 2 heterocycles. The van der Waals surface area contributed by atoms with E-state index < -0.39 is 0 Å². The Kier molecular flexibility index (Phi) is 10.4. The second-order valence-corrected chi connectivity index (χ2v) is 7.82. The van der Waals surface area contributed by atoms with Crippen molar-refractivity contribution in [3.8, 4) is 0 Å². The monoisotopic (exact) mass is 445 g/mol. The van der Waals surface area contributed by atoms with Crippen molar-refractivity contribution in [1.82, 2.24) is 19.6 Å². The van der Waals surface area contributed by atoms with Gasteiger partial charge in [0.25, 0.3) is 0 Å². The fourth-order valence-corrected chi connectivity index (χ4v) is 3.87. The predicted molar refractivity (Wildman–Crippen MR) is 120 cm³/mol. The molecule has 1 aromatic carbocycles. The number of likely N-dealkylation sites (tertiary alicyclic amines) is 1. The summed E-state index contributed by atoms with van der Waals surface area (Å²) in [4.78, 5) is 32.3. The van der Waals surface area contributed by atoms with Crippen molar-refractivity contribution in [2.45, 2.75) is 12.0 Å². The van der Waals surface area contributed by atoms with Crippen LogP contribution in [0.2, 0.25) is 0 Å². The number of carbonyl (C=O) groups excluding carboxylic acids is 2. The maximum atomic E-state index is 12.7. The van der Waals surface area contributed by atoms with Crippen LogP contribution >= 0.6 is 24.8 Å². The molecule has 2 aliphatic rings. The molecule has 7 nitrogen and oxygen atoms in total. The van der Waals surface area contributed by atoms with Crippen molar-refractivity contribution in [2.75, 3.05) is 66.5 Å². The molecule has 0 radical (unpaired) electrons. The highest BCUT2D eigenvalue weighted by Gasteiger charge is 2.33. The number of hydrogen-bond acceptors (Lipinski definition) is 5. The Balaban J connectivity index is 0.00000210. The van der Waals surface area contributed by atoms with Gasteiger partial charge in [-0.15, -0.1) is 24.8 Å². The Morgan fingerprint density at radius 2 is 1.59 bits per heavy atom. The standard InChI is InChI=1S/C20H31N5O2.2ClH/c1-22(2)19(26)14-23-8-10-25(11-9-23)20(27)15-24-12-17(18(21)13-24)16-6-4-3-5-7-16;;/h3-7,17-18H,8-15,21H2,1-2H3;2*1H/t17-,18+;;/m0../s1. The van der Waals surface area contributed by atoms with Gasteiger partial charge in [-0.2, -0.15) is 0 Å². The molecular formula is C20H33Cl2N5O2. The third-order valence-corrected chi connectivity index (χ3v) is 5.61. The summed E-state index contributed by atoms with van der Waals surface area (Å²) in [6, 6.07) is 10.4. The van der Waals surface area contributed by atoms with Gasteiger partial charge < -0.3 is 15.5 Å². The lowest BCUT2D eigenvalue weighted by Gasteiger charge is -2.35. The lowest BCUT2D eigenvalue weighted by Crippen LogP contribution is -2.52. The van der Waals surface area contributed by atoms with E-state index in [1.165, 1.54) is 5.56 Å². The first-order chi connectivity index (χ1) is 12.9. The molecule has 1 aromatic rings. The summed E-state index contributed by atoms with van der Waals surface area (Å²) in [5.74, 6) is 0.551. The van der Waals surface area contributed by atoms with Crippen LogP contribution in [0.1, 0.15) is 11.5 Å². The van der Waals surface area contributed by atoms with Gasteiger partial charge in [0, 0.05) is 65.3 Å². The smallest absolute Gasteiger partial charge is 0.236 e. The average molecular weight is 446 g/mol. The normalized spacial score (nSPS) is 22.5. The summed E-state index contributed by atoms with van der Waals surface area (Å²) < 4.78 is 0. The third-order valence-electron chi connectivity index (χ3n) is 5.61. The topological polar surface area (TPSA) is 73.1 Å². The van der Waals surface area contributed by atoms with E-state index in [0.717, 1.165) is 26.2 Å². The van der Waals surface area contributed by atoms with Crippen molar-refractivity contribution in [2.24, 2.45) is 5.73 Å². The minimum atomic E-state index is 0. The number of hydrogen-bond donors (Lipinski definition) is 1. The molecule has 2 saturated heterocycles. The Labute approximate surface area is 186 Å². The van der Waals surface area contributed by atoms with Crippen molar-refractivity contribution < 1.29 is 9.59 Å². The zero-order chi connectivity index (χ0) is 19.4. The molecule has 2 fully saturated rings. The number of benzene rings is 1. The minimum Gasteiger partial charge on any atom is -0.348 e. The van der Waals surface area contributed by atoms with E-state index in [1.807, 2.05) is 23.1 Å². The van der Waals surface area contributed by atoms with E-state index in [1.54, 1.807) is 19.0 Å². The van der Waals surface area contributed by atoms with Gasteiger partial charge in [-0.3, -0.25) is 19.4 Å². The first-order valence-corrected chi connectivity index (χ1v) is 9.67. The summed E-state index contributed by atoms with van der Waals surface area (Å²) in [5.41, 5.74) is 7.58. The van der Waals surface area contributed by atoms with Gasteiger partial charge in [-0.25, -0.2) is 0 Å². The van der Waals surface area contributed by atoms with Gasteiger partial charge in [0.2, 0.25) is 11.8 Å².